The van der Waals surface area contributed by atoms with Crippen LogP contribution in [0.1, 0.15) is 30.4 Å². The molecule has 2 aromatic carbocycles. The lowest BCUT2D eigenvalue weighted by Crippen LogP contribution is -2.30. The van der Waals surface area contributed by atoms with Crippen molar-refractivity contribution in [2.75, 3.05) is 16.3 Å². The van der Waals surface area contributed by atoms with Crippen LogP contribution in [0.25, 0.3) is 0 Å². The van der Waals surface area contributed by atoms with Crippen LogP contribution in [0.4, 0.5) is 11.4 Å². The Hall–Kier alpha value is -3.74. The highest BCUT2D eigenvalue weighted by Crippen LogP contribution is 2.38. The summed E-state index contributed by atoms with van der Waals surface area (Å²) in [5, 5.41) is 0. The number of carbonyl (C=O) groups excluding carboxylic acids is 4. The molecule has 3 atom stereocenters. The van der Waals surface area contributed by atoms with Crippen molar-refractivity contribution in [2.45, 2.75) is 33.1 Å². The van der Waals surface area contributed by atoms with E-state index in [1.807, 2.05) is 44.2 Å². The SMILES string of the molecule is Cc1cccc(C)c1N1C[C@H](C(=O)Oc2ccc(N3C(=O)[C@H]4CC=CC[C@@H]4C3=O)cc2)CC1=O. The van der Waals surface area contributed by atoms with Crippen molar-refractivity contribution in [1.29, 1.82) is 0 Å². The number of amides is 3. The molecule has 2 heterocycles. The normalized spacial score (nSPS) is 24.1. The van der Waals surface area contributed by atoms with Gasteiger partial charge >= 0.3 is 5.97 Å². The summed E-state index contributed by atoms with van der Waals surface area (Å²) in [7, 11) is 0. The van der Waals surface area contributed by atoms with Gasteiger partial charge in [0.05, 0.1) is 23.4 Å². The predicted molar refractivity (Wildman–Crippen MR) is 126 cm³/mol. The summed E-state index contributed by atoms with van der Waals surface area (Å²) >= 11 is 0. The van der Waals surface area contributed by atoms with Crippen LogP contribution in [0.5, 0.6) is 5.75 Å². The van der Waals surface area contributed by atoms with Gasteiger partial charge in [-0.05, 0) is 62.1 Å². The third-order valence-electron chi connectivity index (χ3n) is 6.99. The van der Waals surface area contributed by atoms with E-state index in [4.69, 9.17) is 4.74 Å². The Labute approximate surface area is 198 Å². The summed E-state index contributed by atoms with van der Waals surface area (Å²) in [5.41, 5.74) is 3.29. The lowest BCUT2D eigenvalue weighted by Gasteiger charge is -2.21. The Bertz CT molecular complexity index is 1170. The fourth-order valence-corrected chi connectivity index (χ4v) is 5.23. The number of ether oxygens (including phenoxy) is 1. The van der Waals surface area contributed by atoms with Crippen LogP contribution in [-0.4, -0.2) is 30.2 Å². The maximum Gasteiger partial charge on any atom is 0.316 e. The third kappa shape index (κ3) is 3.71. The summed E-state index contributed by atoms with van der Waals surface area (Å²) < 4.78 is 5.54. The molecule has 7 nitrogen and oxygen atoms in total. The molecule has 0 aromatic heterocycles. The van der Waals surface area contributed by atoms with Crippen molar-refractivity contribution in [2.24, 2.45) is 17.8 Å². The first-order valence-corrected chi connectivity index (χ1v) is 11.6. The van der Waals surface area contributed by atoms with E-state index in [1.165, 1.54) is 4.90 Å². The average Bonchev–Trinajstić information content (AvgIpc) is 3.32. The number of carbonyl (C=O) groups is 4. The zero-order valence-electron chi connectivity index (χ0n) is 19.2. The van der Waals surface area contributed by atoms with E-state index in [2.05, 4.69) is 0 Å². The standard InChI is InChI=1S/C27H26N2O5/c1-16-6-5-7-17(2)24(16)28-15-18(14-23(28)30)27(33)34-20-12-10-19(11-13-20)29-25(31)21-8-3-4-9-22(21)26(29)32/h3-7,10-13,18,21-22H,8-9,14-15H2,1-2H3/t18-,21+,22+/m1/s1. The van der Waals surface area contributed by atoms with E-state index >= 15 is 0 Å². The Morgan fingerprint density at radius 2 is 1.47 bits per heavy atom. The second-order valence-corrected chi connectivity index (χ2v) is 9.23. The van der Waals surface area contributed by atoms with Crippen molar-refractivity contribution in [3.63, 3.8) is 0 Å². The van der Waals surface area contributed by atoms with Crippen molar-refractivity contribution in [3.8, 4) is 5.75 Å². The number of hydrogen-bond donors (Lipinski definition) is 0. The van der Waals surface area contributed by atoms with Gasteiger partial charge in [0, 0.05) is 18.7 Å². The molecule has 3 aliphatic rings. The maximum absolute atomic E-state index is 12.8. The molecule has 2 aliphatic heterocycles. The van der Waals surface area contributed by atoms with E-state index in [9.17, 15) is 19.2 Å². The largest absolute Gasteiger partial charge is 0.426 e. The van der Waals surface area contributed by atoms with Crippen molar-refractivity contribution in [1.82, 2.24) is 0 Å². The van der Waals surface area contributed by atoms with Crippen molar-refractivity contribution >= 4 is 35.1 Å². The molecule has 2 aromatic rings. The minimum absolute atomic E-state index is 0.0955. The molecule has 1 aliphatic carbocycles. The number of imide groups is 1. The van der Waals surface area contributed by atoms with Gasteiger partial charge in [-0.2, -0.15) is 0 Å². The minimum atomic E-state index is -0.566. The minimum Gasteiger partial charge on any atom is -0.426 e. The van der Waals surface area contributed by atoms with Crippen LogP contribution < -0.4 is 14.5 Å². The zero-order valence-corrected chi connectivity index (χ0v) is 19.2. The average molecular weight is 459 g/mol. The zero-order chi connectivity index (χ0) is 24.0. The monoisotopic (exact) mass is 458 g/mol. The van der Waals surface area contributed by atoms with Crippen LogP contribution in [-0.2, 0) is 19.2 Å². The van der Waals surface area contributed by atoms with Gasteiger partial charge in [-0.3, -0.25) is 24.1 Å². The van der Waals surface area contributed by atoms with Gasteiger partial charge in [-0.25, -0.2) is 0 Å². The van der Waals surface area contributed by atoms with Gasteiger partial charge in [-0.15, -0.1) is 0 Å². The molecule has 7 heteroatoms. The molecule has 2 fully saturated rings. The maximum atomic E-state index is 12.8. The number of para-hydroxylation sites is 1. The summed E-state index contributed by atoms with van der Waals surface area (Å²) in [6.07, 6.45) is 5.17. The summed E-state index contributed by atoms with van der Waals surface area (Å²) in [4.78, 5) is 53.9. The van der Waals surface area contributed by atoms with E-state index < -0.39 is 11.9 Å². The molecule has 3 amide bonds. The lowest BCUT2D eigenvalue weighted by atomic mass is 9.85. The van der Waals surface area contributed by atoms with Gasteiger partial charge < -0.3 is 9.64 Å². The highest BCUT2D eigenvalue weighted by atomic mass is 16.5. The molecular formula is C27H26N2O5. The van der Waals surface area contributed by atoms with Crippen LogP contribution >= 0.6 is 0 Å². The number of aryl methyl sites for hydroxylation is 2. The topological polar surface area (TPSA) is 84.0 Å². The van der Waals surface area contributed by atoms with Gasteiger partial charge in [0.1, 0.15) is 5.75 Å². The molecule has 0 radical (unpaired) electrons. The predicted octanol–water partition coefficient (Wildman–Crippen LogP) is 3.72. The highest BCUT2D eigenvalue weighted by Gasteiger charge is 2.47. The Balaban J connectivity index is 1.26. The van der Waals surface area contributed by atoms with Gasteiger partial charge in [-0.1, -0.05) is 30.4 Å². The number of nitrogens with zero attached hydrogens (tertiary/aromatic N) is 2. The molecule has 0 spiro atoms. The van der Waals surface area contributed by atoms with Crippen LogP contribution in [0, 0.1) is 31.6 Å². The van der Waals surface area contributed by atoms with Crippen LogP contribution in [0.15, 0.2) is 54.6 Å². The second kappa shape index (κ2) is 8.56. The van der Waals surface area contributed by atoms with Crippen molar-refractivity contribution in [3.05, 3.63) is 65.7 Å². The van der Waals surface area contributed by atoms with E-state index in [0.717, 1.165) is 16.8 Å². The molecule has 34 heavy (non-hydrogen) atoms. The summed E-state index contributed by atoms with van der Waals surface area (Å²) in [6, 6.07) is 12.2. The highest BCUT2D eigenvalue weighted by molar-refractivity contribution is 6.22. The van der Waals surface area contributed by atoms with E-state index in [0.29, 0.717) is 24.3 Å². The van der Waals surface area contributed by atoms with E-state index in [-0.39, 0.29) is 42.5 Å². The fourth-order valence-electron chi connectivity index (χ4n) is 5.23. The second-order valence-electron chi connectivity index (χ2n) is 9.23. The Kier molecular flexibility index (Phi) is 5.55. The summed E-state index contributed by atoms with van der Waals surface area (Å²) in [6.45, 7) is 4.17. The Morgan fingerprint density at radius 3 is 2.06 bits per heavy atom. The number of fused-ring (bicyclic) bond motifs is 1. The molecule has 174 valence electrons. The van der Waals surface area contributed by atoms with Crippen molar-refractivity contribution < 1.29 is 23.9 Å². The number of rotatable bonds is 4. The summed E-state index contributed by atoms with van der Waals surface area (Å²) in [5.74, 6) is -1.78. The van der Waals surface area contributed by atoms with E-state index in [1.54, 1.807) is 29.2 Å². The third-order valence-corrected chi connectivity index (χ3v) is 6.99. The molecule has 0 N–H and O–H groups in total. The molecule has 0 saturated carbocycles. The fraction of sp³-hybridized carbons (Fsp3) is 0.333. The number of anilines is 2. The number of esters is 1. The van der Waals surface area contributed by atoms with Gasteiger partial charge in [0.15, 0.2) is 0 Å². The molecule has 5 rings (SSSR count). The number of hydrogen-bond acceptors (Lipinski definition) is 5. The van der Waals surface area contributed by atoms with Crippen LogP contribution in [0.3, 0.4) is 0 Å². The molecular weight excluding hydrogens is 432 g/mol. The Morgan fingerprint density at radius 1 is 0.882 bits per heavy atom. The number of benzene rings is 2. The van der Waals surface area contributed by atoms with Gasteiger partial charge in [0.25, 0.3) is 0 Å². The molecule has 0 unspecified atom stereocenters. The first-order valence-electron chi connectivity index (χ1n) is 11.6. The smallest absolute Gasteiger partial charge is 0.316 e. The molecule has 0 bridgehead atoms. The first-order chi connectivity index (χ1) is 16.3. The quantitative estimate of drug-likeness (QED) is 0.302. The molecule has 2 saturated heterocycles. The van der Waals surface area contributed by atoms with Gasteiger partial charge in [0.2, 0.25) is 17.7 Å². The van der Waals surface area contributed by atoms with Crippen LogP contribution in [0.2, 0.25) is 0 Å². The lowest BCUT2D eigenvalue weighted by molar-refractivity contribution is -0.139. The first kappa shape index (κ1) is 22.1. The number of allylic oxidation sites excluding steroid dienone is 2.